The Morgan fingerprint density at radius 2 is 2.25 bits per heavy atom. The van der Waals surface area contributed by atoms with Gasteiger partial charge in [0.15, 0.2) is 0 Å². The number of thioether (sulfide) groups is 1. The largest absolute Gasteiger partial charge is 0.371 e. The molecule has 0 N–H and O–H groups in total. The molecule has 0 bridgehead atoms. The lowest BCUT2D eigenvalue weighted by Crippen LogP contribution is -2.60. The predicted molar refractivity (Wildman–Crippen MR) is 84.1 cm³/mol. The molecule has 0 amide bonds. The molecule has 0 aromatic carbocycles. The number of ether oxygens (including phenoxy) is 1. The Morgan fingerprint density at radius 3 is 2.95 bits per heavy atom. The molecule has 1 aromatic rings. The van der Waals surface area contributed by atoms with Crippen LogP contribution in [0.25, 0.3) is 0 Å². The lowest BCUT2D eigenvalue weighted by molar-refractivity contribution is 0.0194. The van der Waals surface area contributed by atoms with Crippen LogP contribution in [0.4, 0.5) is 0 Å². The molecule has 2 fully saturated rings. The van der Waals surface area contributed by atoms with Gasteiger partial charge in [0.1, 0.15) is 0 Å². The van der Waals surface area contributed by atoms with Crippen LogP contribution >= 0.6 is 11.8 Å². The van der Waals surface area contributed by atoms with Crippen LogP contribution in [-0.4, -0.2) is 45.6 Å². The maximum absolute atomic E-state index is 6.07. The van der Waals surface area contributed by atoms with E-state index in [0.29, 0.717) is 23.5 Å². The van der Waals surface area contributed by atoms with Crippen LogP contribution < -0.4 is 0 Å². The number of hydrogen-bond acceptors (Lipinski definition) is 4. The van der Waals surface area contributed by atoms with Gasteiger partial charge >= 0.3 is 0 Å². The third kappa shape index (κ3) is 3.02. The monoisotopic (exact) mass is 292 g/mol. The van der Waals surface area contributed by atoms with Crippen LogP contribution in [0.5, 0.6) is 0 Å². The van der Waals surface area contributed by atoms with E-state index in [1.54, 1.807) is 0 Å². The molecule has 110 valence electrons. The highest BCUT2D eigenvalue weighted by Gasteiger charge is 2.49. The molecule has 3 rings (SSSR count). The molecule has 3 nitrogen and oxygen atoms in total. The summed E-state index contributed by atoms with van der Waals surface area (Å²) in [6, 6.07) is 6.81. The van der Waals surface area contributed by atoms with E-state index in [4.69, 9.17) is 4.74 Å². The van der Waals surface area contributed by atoms with Crippen molar-refractivity contribution in [3.63, 3.8) is 0 Å². The van der Waals surface area contributed by atoms with E-state index in [1.165, 1.54) is 19.5 Å². The smallest absolute Gasteiger partial charge is 0.0892 e. The van der Waals surface area contributed by atoms with Crippen molar-refractivity contribution in [1.82, 2.24) is 9.88 Å². The van der Waals surface area contributed by atoms with Crippen molar-refractivity contribution < 1.29 is 4.74 Å². The third-order valence-electron chi connectivity index (χ3n) is 4.30. The van der Waals surface area contributed by atoms with E-state index < -0.39 is 0 Å². The van der Waals surface area contributed by atoms with Gasteiger partial charge in [-0.25, -0.2) is 0 Å². The van der Waals surface area contributed by atoms with Crippen LogP contribution in [0.2, 0.25) is 0 Å². The fraction of sp³-hybridized carbons (Fsp3) is 0.688. The fourth-order valence-electron chi connectivity index (χ4n) is 3.07. The van der Waals surface area contributed by atoms with Gasteiger partial charge in [-0.1, -0.05) is 6.07 Å². The highest BCUT2D eigenvalue weighted by atomic mass is 32.2. The molecule has 4 heteroatoms. The second-order valence-electron chi connectivity index (χ2n) is 6.40. The average Bonchev–Trinajstić information content (AvgIpc) is 2.79. The minimum atomic E-state index is 0.400. The Kier molecular flexibility index (Phi) is 4.07. The van der Waals surface area contributed by atoms with Gasteiger partial charge in [-0.3, -0.25) is 9.88 Å². The Bertz CT molecular complexity index is 471. The van der Waals surface area contributed by atoms with Gasteiger partial charge in [0.05, 0.1) is 18.4 Å². The molecule has 0 saturated carbocycles. The SMILES string of the molecule is Cc1cccc(CO[C@@H]2CSC3(C2)CN(C(C)C)C3)n1. The molecule has 20 heavy (non-hydrogen) atoms. The summed E-state index contributed by atoms with van der Waals surface area (Å²) in [7, 11) is 0. The Labute approximate surface area is 126 Å². The van der Waals surface area contributed by atoms with Crippen molar-refractivity contribution in [2.45, 2.75) is 50.7 Å². The lowest BCUT2D eigenvalue weighted by atomic mass is 9.92. The van der Waals surface area contributed by atoms with E-state index in [-0.39, 0.29) is 0 Å². The van der Waals surface area contributed by atoms with Crippen molar-refractivity contribution in [3.8, 4) is 0 Å². The van der Waals surface area contributed by atoms with Crippen LogP contribution in [0.15, 0.2) is 18.2 Å². The van der Waals surface area contributed by atoms with Crippen molar-refractivity contribution in [2.75, 3.05) is 18.8 Å². The first-order valence-corrected chi connectivity index (χ1v) is 8.47. The molecule has 2 aliphatic heterocycles. The molecular formula is C16H24N2OS. The molecule has 0 radical (unpaired) electrons. The molecule has 1 aromatic heterocycles. The molecule has 3 heterocycles. The molecule has 0 aliphatic carbocycles. The van der Waals surface area contributed by atoms with E-state index in [0.717, 1.165) is 17.1 Å². The third-order valence-corrected chi connectivity index (χ3v) is 5.88. The minimum Gasteiger partial charge on any atom is -0.371 e. The topological polar surface area (TPSA) is 25.4 Å². The highest BCUT2D eigenvalue weighted by Crippen LogP contribution is 2.46. The fourth-order valence-corrected chi connectivity index (χ4v) is 4.64. The number of likely N-dealkylation sites (tertiary alicyclic amines) is 1. The van der Waals surface area contributed by atoms with Crippen LogP contribution in [0, 0.1) is 6.92 Å². The summed E-state index contributed by atoms with van der Waals surface area (Å²) >= 11 is 2.11. The summed E-state index contributed by atoms with van der Waals surface area (Å²) in [6.07, 6.45) is 1.60. The van der Waals surface area contributed by atoms with Crippen LogP contribution in [0.3, 0.4) is 0 Å². The van der Waals surface area contributed by atoms with Gasteiger partial charge in [-0.15, -0.1) is 11.8 Å². The van der Waals surface area contributed by atoms with Crippen LogP contribution in [0.1, 0.15) is 31.7 Å². The molecule has 1 spiro atoms. The van der Waals surface area contributed by atoms with Crippen molar-refractivity contribution in [2.24, 2.45) is 0 Å². The maximum atomic E-state index is 6.07. The molecular weight excluding hydrogens is 268 g/mol. The number of nitrogens with zero attached hydrogens (tertiary/aromatic N) is 2. The van der Waals surface area contributed by atoms with E-state index in [9.17, 15) is 0 Å². The van der Waals surface area contributed by atoms with E-state index >= 15 is 0 Å². The second-order valence-corrected chi connectivity index (χ2v) is 7.89. The van der Waals surface area contributed by atoms with Gasteiger partial charge in [0.25, 0.3) is 0 Å². The normalized spacial score (nSPS) is 25.3. The second kappa shape index (κ2) is 5.66. The minimum absolute atomic E-state index is 0.400. The van der Waals surface area contributed by atoms with Crippen molar-refractivity contribution in [1.29, 1.82) is 0 Å². The number of pyridine rings is 1. The number of hydrogen-bond donors (Lipinski definition) is 0. The summed E-state index contributed by atoms with van der Waals surface area (Å²) in [4.78, 5) is 7.05. The van der Waals surface area contributed by atoms with Crippen molar-refractivity contribution >= 4 is 11.8 Å². The molecule has 1 atom stereocenters. The van der Waals surface area contributed by atoms with E-state index in [2.05, 4.69) is 47.6 Å². The van der Waals surface area contributed by atoms with Gasteiger partial charge in [-0.2, -0.15) is 0 Å². The number of aromatic nitrogens is 1. The first-order valence-electron chi connectivity index (χ1n) is 7.48. The van der Waals surface area contributed by atoms with Crippen molar-refractivity contribution in [3.05, 3.63) is 29.6 Å². The number of aryl methyl sites for hydroxylation is 1. The first kappa shape index (κ1) is 14.4. The van der Waals surface area contributed by atoms with Gasteiger partial charge in [0.2, 0.25) is 0 Å². The first-order chi connectivity index (χ1) is 9.56. The summed E-state index contributed by atoms with van der Waals surface area (Å²) < 4.78 is 6.55. The van der Waals surface area contributed by atoms with E-state index in [1.807, 2.05) is 13.0 Å². The zero-order valence-electron chi connectivity index (χ0n) is 12.6. The summed E-state index contributed by atoms with van der Waals surface area (Å²) in [5, 5.41) is 0. The zero-order chi connectivity index (χ0) is 14.2. The zero-order valence-corrected chi connectivity index (χ0v) is 13.4. The molecule has 0 unspecified atom stereocenters. The standard InChI is InChI=1S/C16H24N2OS/c1-12(2)18-10-16(11-18)7-15(9-20-16)19-8-14-6-4-5-13(3)17-14/h4-6,12,15H,7-11H2,1-3H3/t15-/m0/s1. The lowest BCUT2D eigenvalue weighted by Gasteiger charge is -2.49. The average molecular weight is 292 g/mol. The predicted octanol–water partition coefficient (Wildman–Crippen LogP) is 2.87. The maximum Gasteiger partial charge on any atom is 0.0892 e. The Hall–Kier alpha value is -0.580. The highest BCUT2D eigenvalue weighted by molar-refractivity contribution is 8.01. The van der Waals surface area contributed by atoms with Gasteiger partial charge < -0.3 is 4.74 Å². The Balaban J connectivity index is 1.47. The van der Waals surface area contributed by atoms with Crippen LogP contribution in [-0.2, 0) is 11.3 Å². The molecule has 2 saturated heterocycles. The summed E-state index contributed by atoms with van der Waals surface area (Å²) in [6.45, 7) is 9.71. The number of rotatable bonds is 4. The molecule has 2 aliphatic rings. The summed E-state index contributed by atoms with van der Waals surface area (Å²) in [5.41, 5.74) is 2.11. The quantitative estimate of drug-likeness (QED) is 0.852. The summed E-state index contributed by atoms with van der Waals surface area (Å²) in [5.74, 6) is 1.14. The Morgan fingerprint density at radius 1 is 1.45 bits per heavy atom. The van der Waals surface area contributed by atoms with Gasteiger partial charge in [0, 0.05) is 35.3 Å². The van der Waals surface area contributed by atoms with Gasteiger partial charge in [-0.05, 0) is 39.3 Å².